The van der Waals surface area contributed by atoms with Gasteiger partial charge in [-0.1, -0.05) is 314 Å². The first-order valence-corrected chi connectivity index (χ1v) is 43.7. The van der Waals surface area contributed by atoms with E-state index in [0.717, 1.165) is 141 Å². The highest BCUT2D eigenvalue weighted by atomic mass is 31.2. The van der Waals surface area contributed by atoms with Crippen LogP contribution in [0.2, 0.25) is 0 Å². The van der Waals surface area contributed by atoms with Gasteiger partial charge in [-0.3, -0.25) is 37.3 Å². The lowest BCUT2D eigenvalue weighted by Crippen LogP contribution is -2.30. The summed E-state index contributed by atoms with van der Waals surface area (Å²) in [5.74, 6) is -2.38. The van der Waals surface area contributed by atoms with E-state index < -0.39 is 97.5 Å². The number of ether oxygens (including phenoxy) is 4. The van der Waals surface area contributed by atoms with Crippen LogP contribution in [-0.4, -0.2) is 96.7 Å². The summed E-state index contributed by atoms with van der Waals surface area (Å²) >= 11 is 0. The standard InChI is InChI=1S/C87H144O17P2/c1-5-9-13-17-21-25-29-33-36-38-40-42-45-49-52-56-60-64-68-72-85(90)98-77-82(103-86(91)73-69-65-61-57-53-47-32-28-24-20-16-12-8-4)79-101-105(93,94)99-75-81(88)76-100-106(95,96)102-80-83(78-97-84(89)71-67-63-59-55-51-48-44-35-31-27-23-19-15-11-7-3)104-87(92)74-70-66-62-58-54-50-46-43-41-39-37-34-30-26-22-18-14-10-6-2/h9-10,13-14,21-22,25-27,31,33-34,36-37,40-43,49-50,52,54,60,62,64,66,81-83,88H,5-8,11-12,15-20,23-24,28-30,32,35,38-39,44-48,51,53,55-59,61,63,65,67-80H2,1-4H3,(H,93,94)(H,95,96)/b13-9-,14-10-,25-21-,26-22-,31-27-,36-33-,37-34-,42-40-,43-41-,52-49-,54-50-,64-60-,66-62-/t81-,82-,83-/m1/s1. The number of carbonyl (C=O) groups is 4. The van der Waals surface area contributed by atoms with Gasteiger partial charge in [-0.15, -0.1) is 0 Å². The van der Waals surface area contributed by atoms with Gasteiger partial charge in [0, 0.05) is 25.7 Å². The van der Waals surface area contributed by atoms with Crippen LogP contribution in [0.5, 0.6) is 0 Å². The molecule has 0 aliphatic heterocycles. The Balaban J connectivity index is 5.49. The lowest BCUT2D eigenvalue weighted by molar-refractivity contribution is -0.161. The van der Waals surface area contributed by atoms with Crippen molar-refractivity contribution in [3.05, 3.63) is 158 Å². The van der Waals surface area contributed by atoms with Gasteiger partial charge in [0.05, 0.1) is 26.4 Å². The number of aliphatic hydroxyl groups is 1. The monoisotopic (exact) mass is 1520 g/mol. The van der Waals surface area contributed by atoms with E-state index in [2.05, 4.69) is 149 Å². The van der Waals surface area contributed by atoms with Crippen LogP contribution in [0.15, 0.2) is 158 Å². The third-order valence-electron chi connectivity index (χ3n) is 16.5. The predicted molar refractivity (Wildman–Crippen MR) is 436 cm³/mol. The van der Waals surface area contributed by atoms with Crippen molar-refractivity contribution < 1.29 is 80.2 Å². The maximum Gasteiger partial charge on any atom is 0.472 e. The van der Waals surface area contributed by atoms with Crippen LogP contribution >= 0.6 is 15.6 Å². The minimum Gasteiger partial charge on any atom is -0.462 e. The molecule has 106 heavy (non-hydrogen) atoms. The minimum atomic E-state index is -5.01. The van der Waals surface area contributed by atoms with Crippen LogP contribution in [0.25, 0.3) is 0 Å². The van der Waals surface area contributed by atoms with Crippen LogP contribution in [0, 0.1) is 0 Å². The van der Waals surface area contributed by atoms with Crippen LogP contribution in [0.1, 0.15) is 310 Å². The molecule has 0 aromatic carbocycles. The molecule has 5 atom stereocenters. The van der Waals surface area contributed by atoms with Crippen molar-refractivity contribution in [1.29, 1.82) is 0 Å². The second-order valence-corrected chi connectivity index (χ2v) is 29.5. The number of phosphoric ester groups is 2. The van der Waals surface area contributed by atoms with Gasteiger partial charge < -0.3 is 33.8 Å². The maximum absolute atomic E-state index is 13.1. The molecule has 0 amide bonds. The van der Waals surface area contributed by atoms with Gasteiger partial charge >= 0.3 is 39.5 Å². The van der Waals surface area contributed by atoms with Gasteiger partial charge in [-0.25, -0.2) is 9.13 Å². The zero-order valence-corrected chi connectivity index (χ0v) is 67.8. The Morgan fingerprint density at radius 2 is 0.509 bits per heavy atom. The zero-order chi connectivity index (χ0) is 77.4. The quantitative estimate of drug-likeness (QED) is 0.0169. The lowest BCUT2D eigenvalue weighted by Gasteiger charge is -2.21. The first-order chi connectivity index (χ1) is 51.7. The molecule has 0 heterocycles. The second kappa shape index (κ2) is 77.8. The van der Waals surface area contributed by atoms with E-state index in [0.29, 0.717) is 38.5 Å². The molecular weight excluding hydrogens is 1380 g/mol. The predicted octanol–water partition coefficient (Wildman–Crippen LogP) is 24.0. The largest absolute Gasteiger partial charge is 0.472 e. The van der Waals surface area contributed by atoms with Gasteiger partial charge in [-0.2, -0.15) is 0 Å². The van der Waals surface area contributed by atoms with E-state index in [1.807, 2.05) is 36.5 Å². The molecule has 0 spiro atoms. The summed E-state index contributed by atoms with van der Waals surface area (Å²) in [4.78, 5) is 73.0. The number of carbonyl (C=O) groups excluding carboxylic acids is 4. The van der Waals surface area contributed by atoms with E-state index in [4.69, 9.17) is 37.0 Å². The number of aliphatic hydroxyl groups excluding tert-OH is 1. The summed E-state index contributed by atoms with van der Waals surface area (Å²) in [5.41, 5.74) is 0. The second-order valence-electron chi connectivity index (χ2n) is 26.6. The number of esters is 4. The van der Waals surface area contributed by atoms with Crippen molar-refractivity contribution in [3.8, 4) is 0 Å². The summed E-state index contributed by atoms with van der Waals surface area (Å²) in [6, 6.07) is 0. The Hall–Kier alpha value is -5.32. The molecule has 0 aliphatic rings. The van der Waals surface area contributed by atoms with Gasteiger partial charge in [0.25, 0.3) is 0 Å². The average Bonchev–Trinajstić information content (AvgIpc) is 0.899. The Morgan fingerprint density at radius 1 is 0.274 bits per heavy atom. The summed E-state index contributed by atoms with van der Waals surface area (Å²) in [6.07, 6.45) is 91.1. The smallest absolute Gasteiger partial charge is 0.462 e. The number of allylic oxidation sites excluding steroid dienone is 26. The fraction of sp³-hybridized carbons (Fsp3) is 0.655. The SMILES string of the molecule is CC/C=C\C/C=C\C/C=C\C/C=C\C/C=C\C/C=C\CCC(=O)OC[C@H](COP(=O)(O)OC[C@@H](O)COP(=O)(O)OC[C@@H](COC(=O)CCCCCCCCC/C=C\CCCCCC)OC(=O)CC/C=C\C/C=C\C/C=C\C/C=C\C/C=C\C/C=C\CC)OC(=O)CCCCCCCCCCCCCCC. The third kappa shape index (κ3) is 76.9. The van der Waals surface area contributed by atoms with Crippen LogP contribution in [0.4, 0.5) is 0 Å². The molecule has 0 saturated carbocycles. The maximum atomic E-state index is 13.1. The minimum absolute atomic E-state index is 0.0321. The van der Waals surface area contributed by atoms with E-state index in [1.165, 1.54) is 77.0 Å². The first kappa shape index (κ1) is 101. The highest BCUT2D eigenvalue weighted by Gasteiger charge is 2.30. The molecule has 0 aromatic rings. The molecule has 0 aliphatic carbocycles. The average molecular weight is 1520 g/mol. The van der Waals surface area contributed by atoms with Crippen molar-refractivity contribution in [2.75, 3.05) is 39.6 Å². The van der Waals surface area contributed by atoms with E-state index in [1.54, 1.807) is 0 Å². The summed E-state index contributed by atoms with van der Waals surface area (Å²) in [5, 5.41) is 10.6. The van der Waals surface area contributed by atoms with E-state index >= 15 is 0 Å². The molecule has 604 valence electrons. The van der Waals surface area contributed by atoms with Gasteiger partial charge in [0.15, 0.2) is 12.2 Å². The number of rotatable bonds is 75. The third-order valence-corrected chi connectivity index (χ3v) is 18.4. The molecule has 17 nitrogen and oxygen atoms in total. The van der Waals surface area contributed by atoms with Crippen LogP contribution in [-0.2, 0) is 65.4 Å². The van der Waals surface area contributed by atoms with Crippen molar-refractivity contribution in [1.82, 2.24) is 0 Å². The molecule has 2 unspecified atom stereocenters. The van der Waals surface area contributed by atoms with E-state index in [-0.39, 0.29) is 25.7 Å². The summed E-state index contributed by atoms with van der Waals surface area (Å²) in [6.45, 7) is 4.47. The number of phosphoric acid groups is 2. The van der Waals surface area contributed by atoms with E-state index in [9.17, 15) is 43.2 Å². The molecule has 0 rings (SSSR count). The van der Waals surface area contributed by atoms with Crippen LogP contribution in [0.3, 0.4) is 0 Å². The molecule has 0 fully saturated rings. The molecule has 0 aromatic heterocycles. The molecular formula is C87H144O17P2. The summed E-state index contributed by atoms with van der Waals surface area (Å²) in [7, 11) is -10.0. The zero-order valence-electron chi connectivity index (χ0n) is 66.1. The molecule has 0 radical (unpaired) electrons. The fourth-order valence-electron chi connectivity index (χ4n) is 10.4. The molecule has 0 saturated heterocycles. The number of hydrogen-bond acceptors (Lipinski definition) is 15. The Bertz CT molecular complexity index is 2630. The first-order valence-electron chi connectivity index (χ1n) is 40.7. The van der Waals surface area contributed by atoms with Crippen LogP contribution < -0.4 is 0 Å². The highest BCUT2D eigenvalue weighted by molar-refractivity contribution is 7.47. The van der Waals surface area contributed by atoms with Gasteiger partial charge in [-0.05, 0) is 128 Å². The normalized spacial score (nSPS) is 14.7. The summed E-state index contributed by atoms with van der Waals surface area (Å²) < 4.78 is 68.5. The van der Waals surface area contributed by atoms with Gasteiger partial charge in [0.2, 0.25) is 0 Å². The number of hydrogen-bond donors (Lipinski definition) is 3. The topological polar surface area (TPSA) is 237 Å². The Labute approximate surface area is 642 Å². The molecule has 0 bridgehead atoms. The number of unbranched alkanes of at least 4 members (excludes halogenated alkanes) is 23. The van der Waals surface area contributed by atoms with Crippen molar-refractivity contribution >= 4 is 39.5 Å². The molecule has 3 N–H and O–H groups in total. The Kier molecular flexibility index (Phi) is 73.9. The molecule has 19 heteroatoms. The highest BCUT2D eigenvalue weighted by Crippen LogP contribution is 2.45. The van der Waals surface area contributed by atoms with Gasteiger partial charge in [0.1, 0.15) is 19.3 Å². The lowest BCUT2D eigenvalue weighted by atomic mass is 10.0. The van der Waals surface area contributed by atoms with Crippen molar-refractivity contribution in [2.45, 2.75) is 329 Å². The van der Waals surface area contributed by atoms with Crippen molar-refractivity contribution in [2.24, 2.45) is 0 Å². The Morgan fingerprint density at radius 3 is 0.840 bits per heavy atom. The van der Waals surface area contributed by atoms with Crippen molar-refractivity contribution in [3.63, 3.8) is 0 Å². The fourth-order valence-corrected chi connectivity index (χ4v) is 12.0.